The summed E-state index contributed by atoms with van der Waals surface area (Å²) in [5, 5.41) is 7.63. The maximum Gasteiger partial charge on any atom is 0.207 e. The second-order valence-corrected chi connectivity index (χ2v) is 7.33. The van der Waals surface area contributed by atoms with Gasteiger partial charge in [0.25, 0.3) is 0 Å². The van der Waals surface area contributed by atoms with Crippen molar-refractivity contribution in [3.8, 4) is 0 Å². The molecule has 2 heterocycles. The van der Waals surface area contributed by atoms with Crippen molar-refractivity contribution in [2.45, 2.75) is 26.3 Å². The molecule has 138 valence electrons. The van der Waals surface area contributed by atoms with Crippen LogP contribution in [0.2, 0.25) is 0 Å². The highest BCUT2D eigenvalue weighted by atomic mass is 35.5. The Labute approximate surface area is 169 Å². The highest BCUT2D eigenvalue weighted by Gasteiger charge is 2.32. The molecule has 0 bridgehead atoms. The summed E-state index contributed by atoms with van der Waals surface area (Å²) in [6.07, 6.45) is 0.808. The molecular formula is C21H20ClN3OS. The van der Waals surface area contributed by atoms with Crippen LogP contribution in [-0.2, 0) is 0 Å². The van der Waals surface area contributed by atoms with Gasteiger partial charge in [0.05, 0.1) is 22.3 Å². The van der Waals surface area contributed by atoms with E-state index < -0.39 is 0 Å². The number of hydrogen-bond donors (Lipinski definition) is 0. The molecule has 0 N–H and O–H groups in total. The fourth-order valence-corrected chi connectivity index (χ4v) is 4.20. The molecule has 3 aromatic rings. The van der Waals surface area contributed by atoms with E-state index in [9.17, 15) is 4.79 Å². The Morgan fingerprint density at radius 2 is 1.70 bits per heavy atom. The van der Waals surface area contributed by atoms with Crippen LogP contribution in [0.5, 0.6) is 0 Å². The topological polar surface area (TPSA) is 45.6 Å². The molecule has 1 aliphatic rings. The van der Waals surface area contributed by atoms with Gasteiger partial charge in [-0.25, -0.2) is 9.99 Å². The fourth-order valence-electron chi connectivity index (χ4n) is 3.23. The van der Waals surface area contributed by atoms with Crippen LogP contribution in [0.25, 0.3) is 0 Å². The number of thiazole rings is 1. The maximum absolute atomic E-state index is 11.8. The molecule has 0 saturated heterocycles. The van der Waals surface area contributed by atoms with Crippen LogP contribution < -0.4 is 5.01 Å². The third-order valence-electron chi connectivity index (χ3n) is 4.50. The zero-order chi connectivity index (χ0) is 18.1. The fraction of sp³-hybridized carbons (Fsp3) is 0.190. The summed E-state index contributed by atoms with van der Waals surface area (Å²) in [5.74, 6) is 0.0500. The number of aryl methyl sites for hydroxylation is 1. The van der Waals surface area contributed by atoms with E-state index in [1.54, 1.807) is 6.92 Å². The highest BCUT2D eigenvalue weighted by Crippen LogP contribution is 2.39. The van der Waals surface area contributed by atoms with Gasteiger partial charge in [-0.3, -0.25) is 4.79 Å². The van der Waals surface area contributed by atoms with Gasteiger partial charge in [0, 0.05) is 13.3 Å². The van der Waals surface area contributed by atoms with Crippen LogP contribution in [0.15, 0.2) is 65.8 Å². The van der Waals surface area contributed by atoms with Crippen LogP contribution >= 0.6 is 23.7 Å². The van der Waals surface area contributed by atoms with E-state index in [0.29, 0.717) is 4.88 Å². The molecule has 1 unspecified atom stereocenters. The third-order valence-corrected chi connectivity index (χ3v) is 5.75. The quantitative estimate of drug-likeness (QED) is 0.551. The van der Waals surface area contributed by atoms with Gasteiger partial charge in [0.2, 0.25) is 5.13 Å². The number of benzene rings is 2. The molecule has 1 aromatic heterocycles. The lowest BCUT2D eigenvalue weighted by atomic mass is 9.99. The van der Waals surface area contributed by atoms with E-state index in [1.165, 1.54) is 16.9 Å². The molecule has 6 heteroatoms. The number of rotatable bonds is 4. The molecule has 4 nitrogen and oxygen atoms in total. The molecule has 0 fully saturated rings. The first-order chi connectivity index (χ1) is 12.6. The van der Waals surface area contributed by atoms with Gasteiger partial charge in [-0.15, -0.1) is 12.4 Å². The number of halogens is 1. The predicted octanol–water partition coefficient (Wildman–Crippen LogP) is 5.43. The third kappa shape index (κ3) is 3.80. The lowest BCUT2D eigenvalue weighted by molar-refractivity contribution is 0.102. The van der Waals surface area contributed by atoms with E-state index in [0.717, 1.165) is 28.5 Å². The highest BCUT2D eigenvalue weighted by molar-refractivity contribution is 7.17. The Morgan fingerprint density at radius 1 is 1.07 bits per heavy atom. The average molecular weight is 398 g/mol. The molecule has 1 aliphatic heterocycles. The van der Waals surface area contributed by atoms with E-state index in [2.05, 4.69) is 29.2 Å². The minimum Gasteiger partial charge on any atom is -0.294 e. The number of nitrogens with zero attached hydrogens (tertiary/aromatic N) is 3. The summed E-state index contributed by atoms with van der Waals surface area (Å²) in [4.78, 5) is 17.2. The number of ketones is 1. The minimum atomic E-state index is 0. The summed E-state index contributed by atoms with van der Waals surface area (Å²) in [6.45, 7) is 3.47. The Balaban J connectivity index is 0.00000210. The Morgan fingerprint density at radius 3 is 2.30 bits per heavy atom. The van der Waals surface area contributed by atoms with Crippen LogP contribution in [-0.4, -0.2) is 16.5 Å². The Kier molecular flexibility index (Phi) is 5.73. The lowest BCUT2D eigenvalue weighted by Crippen LogP contribution is -2.18. The van der Waals surface area contributed by atoms with Crippen molar-refractivity contribution in [2.75, 3.05) is 5.01 Å². The summed E-state index contributed by atoms with van der Waals surface area (Å²) < 4.78 is 0. The normalized spacial score (nSPS) is 16.0. The first-order valence-electron chi connectivity index (χ1n) is 8.59. The van der Waals surface area contributed by atoms with Crippen LogP contribution in [0.4, 0.5) is 5.13 Å². The Hall–Kier alpha value is -2.50. The van der Waals surface area contributed by atoms with Gasteiger partial charge in [0.1, 0.15) is 0 Å². The van der Waals surface area contributed by atoms with Gasteiger partial charge in [-0.05, 0) is 18.1 Å². The number of carbonyl (C=O) groups excluding carboxylic acids is 1. The van der Waals surface area contributed by atoms with Crippen LogP contribution in [0.3, 0.4) is 0 Å². The van der Waals surface area contributed by atoms with Crippen LogP contribution in [0.1, 0.15) is 45.9 Å². The van der Waals surface area contributed by atoms with Gasteiger partial charge in [0.15, 0.2) is 5.78 Å². The molecule has 0 aliphatic carbocycles. The molecule has 1 atom stereocenters. The minimum absolute atomic E-state index is 0. The Bertz CT molecular complexity index is 970. The number of hydrazone groups is 1. The number of aromatic nitrogens is 1. The number of Topliss-reactive ketones (excluding diaryl/α,β-unsaturated/α-hetero) is 1. The molecule has 2 aromatic carbocycles. The smallest absolute Gasteiger partial charge is 0.207 e. The van der Waals surface area contributed by atoms with Crippen molar-refractivity contribution in [1.29, 1.82) is 0 Å². The van der Waals surface area contributed by atoms with Crippen LogP contribution in [0, 0.1) is 6.92 Å². The largest absolute Gasteiger partial charge is 0.294 e. The van der Waals surface area contributed by atoms with E-state index in [4.69, 9.17) is 5.10 Å². The van der Waals surface area contributed by atoms with E-state index in [1.807, 2.05) is 48.3 Å². The van der Waals surface area contributed by atoms with Gasteiger partial charge < -0.3 is 0 Å². The van der Waals surface area contributed by atoms with E-state index in [-0.39, 0.29) is 24.2 Å². The second kappa shape index (κ2) is 8.03. The first kappa shape index (κ1) is 19.3. The molecule has 0 amide bonds. The van der Waals surface area contributed by atoms with Gasteiger partial charge in [-0.1, -0.05) is 72.0 Å². The summed E-state index contributed by atoms with van der Waals surface area (Å²) in [5.41, 5.74) is 4.12. The van der Waals surface area contributed by atoms with Crippen molar-refractivity contribution < 1.29 is 4.79 Å². The van der Waals surface area contributed by atoms with Gasteiger partial charge >= 0.3 is 0 Å². The summed E-state index contributed by atoms with van der Waals surface area (Å²) in [6, 6.07) is 20.6. The predicted molar refractivity (Wildman–Crippen MR) is 113 cm³/mol. The number of carbonyl (C=O) groups is 1. The molecular weight excluding hydrogens is 378 g/mol. The molecule has 0 spiro atoms. The monoisotopic (exact) mass is 397 g/mol. The lowest BCUT2D eigenvalue weighted by Gasteiger charge is -2.21. The van der Waals surface area contributed by atoms with Crippen molar-refractivity contribution in [3.05, 3.63) is 82.4 Å². The molecule has 0 radical (unpaired) electrons. The average Bonchev–Trinajstić information content (AvgIpc) is 3.27. The first-order valence-corrected chi connectivity index (χ1v) is 9.40. The molecule has 0 saturated carbocycles. The van der Waals surface area contributed by atoms with Crippen molar-refractivity contribution in [2.24, 2.45) is 5.10 Å². The molecule has 27 heavy (non-hydrogen) atoms. The van der Waals surface area contributed by atoms with Crippen molar-refractivity contribution >= 4 is 40.4 Å². The van der Waals surface area contributed by atoms with Gasteiger partial charge in [-0.2, -0.15) is 5.10 Å². The maximum atomic E-state index is 11.8. The zero-order valence-corrected chi connectivity index (χ0v) is 16.8. The summed E-state index contributed by atoms with van der Waals surface area (Å²) in [7, 11) is 0. The molecule has 4 rings (SSSR count). The van der Waals surface area contributed by atoms with Crippen molar-refractivity contribution in [3.63, 3.8) is 0 Å². The number of anilines is 1. The zero-order valence-electron chi connectivity index (χ0n) is 15.1. The second-order valence-electron chi connectivity index (χ2n) is 6.36. The standard InChI is InChI=1S/C21H19N3OS.ClH/c1-14-20(15(2)25)26-21(22-14)24-19(17-11-7-4-8-12-17)13-18(23-24)16-9-5-3-6-10-16;/h3-12,19H,13H2,1-2H3;1H. The number of hydrogen-bond acceptors (Lipinski definition) is 5. The summed E-state index contributed by atoms with van der Waals surface area (Å²) >= 11 is 1.42. The van der Waals surface area contributed by atoms with Crippen molar-refractivity contribution in [1.82, 2.24) is 4.98 Å². The SMILES string of the molecule is CC(=O)c1sc(N2N=C(c3ccccc3)CC2c2ccccc2)nc1C.Cl. The van der Waals surface area contributed by atoms with E-state index >= 15 is 0 Å².